The van der Waals surface area contributed by atoms with Crippen LogP contribution in [0.4, 0.5) is 0 Å². The number of aliphatic hydroxyl groups excluding tert-OH is 1. The molecule has 2 aliphatic heterocycles. The number of rotatable bonds is 5. The fourth-order valence-corrected chi connectivity index (χ4v) is 11.7. The van der Waals surface area contributed by atoms with Crippen molar-refractivity contribution in [3.63, 3.8) is 0 Å². The lowest BCUT2D eigenvalue weighted by Crippen LogP contribution is -2.50. The van der Waals surface area contributed by atoms with Gasteiger partial charge in [0.1, 0.15) is 5.75 Å². The monoisotopic (exact) mass is 698 g/mol. The molecule has 1 aromatic carbocycles. The fourth-order valence-electron chi connectivity index (χ4n) is 11.7. The first-order chi connectivity index (χ1) is 24.4. The van der Waals surface area contributed by atoms with Gasteiger partial charge >= 0.3 is 0 Å². The summed E-state index contributed by atoms with van der Waals surface area (Å²) in [5.74, 6) is 3.56. The van der Waals surface area contributed by atoms with E-state index >= 15 is 0 Å². The second-order valence-electron chi connectivity index (χ2n) is 17.2. The predicted octanol–water partition coefficient (Wildman–Crippen LogP) is 8.29. The number of fused-ring (bicyclic) bond motifs is 7. The van der Waals surface area contributed by atoms with Gasteiger partial charge in [-0.1, -0.05) is 57.6 Å². The van der Waals surface area contributed by atoms with Gasteiger partial charge < -0.3 is 24.1 Å². The molecule has 2 heterocycles. The highest BCUT2D eigenvalue weighted by Crippen LogP contribution is 2.69. The van der Waals surface area contributed by atoms with Crippen LogP contribution in [0, 0.1) is 46.3 Å². The van der Waals surface area contributed by atoms with E-state index in [0.717, 1.165) is 49.0 Å². The molecule has 7 nitrogen and oxygen atoms in total. The summed E-state index contributed by atoms with van der Waals surface area (Å²) >= 11 is 0. The van der Waals surface area contributed by atoms with Gasteiger partial charge in [-0.25, -0.2) is 0 Å². The minimum absolute atomic E-state index is 0.0568. The average molecular weight is 699 g/mol. The first kappa shape index (κ1) is 36.4. The topological polar surface area (TPSA) is 91.3 Å². The number of carbonyl (C=O) groups excluding carboxylic acids is 2. The Morgan fingerprint density at radius 3 is 2.39 bits per heavy atom. The van der Waals surface area contributed by atoms with E-state index in [4.69, 9.17) is 18.9 Å². The molecule has 1 N–H and O–H groups in total. The quantitative estimate of drug-likeness (QED) is 0.245. The molecule has 0 aromatic heterocycles. The minimum atomic E-state index is -0.345. The van der Waals surface area contributed by atoms with Crippen LogP contribution in [0.15, 0.2) is 72.1 Å². The van der Waals surface area contributed by atoms with Crippen LogP contribution in [-0.4, -0.2) is 55.5 Å². The molecule has 1 spiro atoms. The molecule has 3 saturated carbocycles. The van der Waals surface area contributed by atoms with Crippen LogP contribution in [0.5, 0.6) is 5.75 Å². The highest BCUT2D eigenvalue weighted by molar-refractivity contribution is 6.19. The first-order valence-corrected chi connectivity index (χ1v) is 19.4. The standard InChI is InChI=1S/C27H42O3.C17H16O4/c1-16-7-12-27(29-15-16)17(2)24-23(30-27)14-22-20-6-5-18-13-19(28)8-10-25(18,3)21(20)9-11-26(22,24)4;1-4-13(11-5-7-12(20-2)8-6-11)14-9-16(19)17(21-3)10-15(14)18/h9,16-20,22-24,28H,5-8,10-15H2,1-4H3;4-10,13H,1H2,2-3H3. The Labute approximate surface area is 304 Å². The third-order valence-corrected chi connectivity index (χ3v) is 14.6. The predicted molar refractivity (Wildman–Crippen MR) is 197 cm³/mol. The minimum Gasteiger partial charge on any atom is -0.497 e. The lowest BCUT2D eigenvalue weighted by Gasteiger charge is -2.57. The van der Waals surface area contributed by atoms with Crippen molar-refractivity contribution in [1.29, 1.82) is 0 Å². The molecular weight excluding hydrogens is 640 g/mol. The number of benzene rings is 1. The molecule has 0 radical (unpaired) electrons. The zero-order chi connectivity index (χ0) is 36.3. The molecule has 0 bridgehead atoms. The van der Waals surface area contributed by atoms with Gasteiger partial charge in [-0.3, -0.25) is 9.59 Å². The van der Waals surface area contributed by atoms with Crippen molar-refractivity contribution in [1.82, 2.24) is 0 Å². The second kappa shape index (κ2) is 13.8. The second-order valence-corrected chi connectivity index (χ2v) is 17.2. The normalized spacial score (nSPS) is 41.7. The molecule has 7 heteroatoms. The SMILES string of the molecule is C=CC(C1=CC(=O)C(OC)=CC1=O)c1ccc(OC)cc1.CC1CCC2(OC1)OC1CC3C4CCC5CC(O)CCC5(C)C4=CCC3(C)C1C2C. The third-order valence-electron chi connectivity index (χ3n) is 14.6. The molecule has 51 heavy (non-hydrogen) atoms. The van der Waals surface area contributed by atoms with Crippen molar-refractivity contribution in [2.24, 2.45) is 46.3 Å². The van der Waals surface area contributed by atoms with Crippen LogP contribution in [0.3, 0.4) is 0 Å². The van der Waals surface area contributed by atoms with Gasteiger partial charge in [0.15, 0.2) is 17.3 Å². The molecule has 2 saturated heterocycles. The number of ether oxygens (including phenoxy) is 4. The number of methoxy groups -OCH3 is 2. The van der Waals surface area contributed by atoms with Crippen molar-refractivity contribution in [2.75, 3.05) is 20.8 Å². The Balaban J connectivity index is 0.000000171. The van der Waals surface area contributed by atoms with E-state index in [1.165, 1.54) is 57.8 Å². The number of ketones is 2. The zero-order valence-electron chi connectivity index (χ0n) is 31.5. The summed E-state index contributed by atoms with van der Waals surface area (Å²) in [4.78, 5) is 24.0. The maximum Gasteiger partial charge on any atom is 0.220 e. The Hall–Kier alpha value is -3.00. The Morgan fingerprint density at radius 2 is 1.73 bits per heavy atom. The first-order valence-electron chi connectivity index (χ1n) is 19.4. The van der Waals surface area contributed by atoms with Crippen LogP contribution in [0.2, 0.25) is 0 Å². The van der Waals surface area contributed by atoms with Crippen LogP contribution >= 0.6 is 0 Å². The molecule has 276 valence electrons. The van der Waals surface area contributed by atoms with Gasteiger partial charge in [0.05, 0.1) is 33.0 Å². The van der Waals surface area contributed by atoms with E-state index in [2.05, 4.69) is 40.3 Å². The molecule has 0 amide bonds. The summed E-state index contributed by atoms with van der Waals surface area (Å²) in [6.07, 6.45) is 17.8. The van der Waals surface area contributed by atoms with E-state index in [1.54, 1.807) is 30.9 Å². The molecule has 8 rings (SSSR count). The van der Waals surface area contributed by atoms with Gasteiger partial charge in [0, 0.05) is 29.9 Å². The van der Waals surface area contributed by atoms with Crippen molar-refractivity contribution >= 4 is 11.6 Å². The number of hydrogen-bond acceptors (Lipinski definition) is 7. The van der Waals surface area contributed by atoms with Crippen molar-refractivity contribution < 1.29 is 33.6 Å². The van der Waals surface area contributed by atoms with E-state index in [0.29, 0.717) is 46.2 Å². The maximum absolute atomic E-state index is 12.2. The third kappa shape index (κ3) is 6.09. The Morgan fingerprint density at radius 1 is 0.961 bits per heavy atom. The zero-order valence-corrected chi connectivity index (χ0v) is 31.5. The Bertz CT molecular complexity index is 1610. The molecule has 7 aliphatic rings. The highest BCUT2D eigenvalue weighted by atomic mass is 16.7. The summed E-state index contributed by atoms with van der Waals surface area (Å²) in [7, 11) is 2.95. The van der Waals surface area contributed by atoms with Gasteiger partial charge in [0.2, 0.25) is 5.78 Å². The maximum atomic E-state index is 12.2. The Kier molecular flexibility index (Phi) is 9.81. The van der Waals surface area contributed by atoms with Crippen LogP contribution in [-0.2, 0) is 23.8 Å². The summed E-state index contributed by atoms with van der Waals surface area (Å²) in [6.45, 7) is 14.5. The lowest BCUT2D eigenvalue weighted by molar-refractivity contribution is -0.272. The molecule has 5 aliphatic carbocycles. The van der Waals surface area contributed by atoms with Crippen molar-refractivity contribution in [3.05, 3.63) is 77.6 Å². The van der Waals surface area contributed by atoms with Crippen LogP contribution in [0.1, 0.15) is 97.0 Å². The van der Waals surface area contributed by atoms with Gasteiger partial charge in [-0.05, 0) is 116 Å². The smallest absolute Gasteiger partial charge is 0.220 e. The largest absolute Gasteiger partial charge is 0.497 e. The highest BCUT2D eigenvalue weighted by Gasteiger charge is 2.67. The molecule has 12 atom stereocenters. The number of allylic oxidation sites excluding steroid dienone is 6. The van der Waals surface area contributed by atoms with E-state index in [1.807, 2.05) is 12.1 Å². The van der Waals surface area contributed by atoms with Crippen molar-refractivity contribution in [3.8, 4) is 5.75 Å². The lowest BCUT2D eigenvalue weighted by atomic mass is 9.48. The summed E-state index contributed by atoms with van der Waals surface area (Å²) in [5, 5.41) is 10.3. The van der Waals surface area contributed by atoms with Crippen LogP contribution in [0.25, 0.3) is 0 Å². The molecule has 12 unspecified atom stereocenters. The van der Waals surface area contributed by atoms with Crippen molar-refractivity contribution in [2.45, 2.75) is 109 Å². The van der Waals surface area contributed by atoms with Gasteiger partial charge in [-0.15, -0.1) is 6.58 Å². The molecule has 5 fully saturated rings. The van der Waals surface area contributed by atoms with Gasteiger partial charge in [-0.2, -0.15) is 0 Å². The van der Waals surface area contributed by atoms with E-state index in [-0.39, 0.29) is 35.1 Å². The van der Waals surface area contributed by atoms with E-state index in [9.17, 15) is 14.7 Å². The summed E-state index contributed by atoms with van der Waals surface area (Å²) < 4.78 is 23.3. The molecule has 1 aromatic rings. The van der Waals surface area contributed by atoms with Crippen LogP contribution < -0.4 is 4.74 Å². The average Bonchev–Trinajstić information content (AvgIpc) is 3.57. The summed E-state index contributed by atoms with van der Waals surface area (Å²) in [5.41, 5.74) is 3.72. The molecular formula is C44H58O7. The number of carbonyl (C=O) groups is 2. The van der Waals surface area contributed by atoms with Gasteiger partial charge in [0.25, 0.3) is 0 Å². The fraction of sp³-hybridized carbons (Fsp3) is 0.636. The number of hydrogen-bond donors (Lipinski definition) is 1. The van der Waals surface area contributed by atoms with E-state index < -0.39 is 0 Å². The summed E-state index contributed by atoms with van der Waals surface area (Å²) in [6, 6.07) is 7.30. The number of aliphatic hydroxyl groups is 1.